The molecular weight excluding hydrogens is 518 g/mol. The molecule has 0 aromatic heterocycles. The van der Waals surface area contributed by atoms with Crippen LogP contribution in [0.2, 0.25) is 0 Å². The molecule has 1 unspecified atom stereocenters. The number of nitrogens with zero attached hydrogens (tertiary/aromatic N) is 3. The zero-order valence-electron chi connectivity index (χ0n) is 23.9. The monoisotopic (exact) mass is 555 g/mol. The molecule has 2 saturated heterocycles. The lowest BCUT2D eigenvalue weighted by molar-refractivity contribution is -0.145. The molecule has 8 nitrogen and oxygen atoms in total. The van der Waals surface area contributed by atoms with E-state index in [1.807, 2.05) is 101 Å². The molecule has 214 valence electrons. The Kier molecular flexibility index (Phi) is 6.86. The number of hydrogen-bond acceptors (Lipinski definition) is 5. The second-order valence-electron chi connectivity index (χ2n) is 11.9. The van der Waals surface area contributed by atoms with Gasteiger partial charge in [-0.25, -0.2) is 0 Å². The van der Waals surface area contributed by atoms with Crippen molar-refractivity contribution in [1.82, 2.24) is 4.90 Å². The zero-order chi connectivity index (χ0) is 29.1. The van der Waals surface area contributed by atoms with E-state index in [0.717, 1.165) is 22.5 Å². The van der Waals surface area contributed by atoms with Gasteiger partial charge in [-0.3, -0.25) is 14.4 Å². The highest BCUT2D eigenvalue weighted by molar-refractivity contribution is 6.07. The maximum absolute atomic E-state index is 14.7. The third-order valence-electron chi connectivity index (χ3n) is 9.13. The van der Waals surface area contributed by atoms with Gasteiger partial charge in [0.1, 0.15) is 11.6 Å². The fourth-order valence-electron chi connectivity index (χ4n) is 7.12. The van der Waals surface area contributed by atoms with Gasteiger partial charge in [0.25, 0.3) is 5.91 Å². The molecule has 3 amide bonds. The molecular formula is C33H37N3O5. The maximum atomic E-state index is 14.7. The molecule has 1 N–H and O–H groups in total. The molecule has 8 heteroatoms. The number of rotatable bonds is 5. The minimum atomic E-state index is -1.35. The van der Waals surface area contributed by atoms with Crippen molar-refractivity contribution in [2.75, 3.05) is 29.5 Å². The Labute approximate surface area is 240 Å². The van der Waals surface area contributed by atoms with Crippen molar-refractivity contribution in [2.24, 2.45) is 17.8 Å². The molecule has 0 aliphatic carbocycles. The van der Waals surface area contributed by atoms with Crippen LogP contribution in [0.5, 0.6) is 0 Å². The van der Waals surface area contributed by atoms with Gasteiger partial charge in [-0.1, -0.05) is 68.5 Å². The summed E-state index contributed by atoms with van der Waals surface area (Å²) in [6.07, 6.45) is 6.85. The van der Waals surface area contributed by atoms with Gasteiger partial charge in [0.15, 0.2) is 0 Å². The molecule has 41 heavy (non-hydrogen) atoms. The molecule has 6 atom stereocenters. The molecule has 0 bridgehead atoms. The number of carbonyl (C=O) groups excluding carboxylic acids is 3. The minimum Gasteiger partial charge on any atom is -0.394 e. The first-order chi connectivity index (χ1) is 19.7. The Morgan fingerprint density at radius 1 is 0.951 bits per heavy atom. The van der Waals surface area contributed by atoms with E-state index >= 15 is 0 Å². The fraction of sp³-hybridized carbons (Fsp3) is 0.424. The highest BCUT2D eigenvalue weighted by Crippen LogP contribution is 2.54. The smallest absolute Gasteiger partial charge is 0.253 e. The standard InChI is InChI=1S/C33H37N3O5/c1-20(2)25(19-37)36-29-32(40)35(24-18-21(3)13-14-22(24)4)17-9-15-33(29)28(31(36)39)27-26(41-33)12-8-16-34(30(27)38)23-10-6-5-7-11-23/h5-15,18,20,25-29,37H,16-17,19H2,1-4H3/t25-,26+,27-,28-,29?,33-/m0/s1. The quantitative estimate of drug-likeness (QED) is 0.572. The maximum Gasteiger partial charge on any atom is 0.253 e. The van der Waals surface area contributed by atoms with Crippen molar-refractivity contribution < 1.29 is 24.2 Å². The Bertz CT molecular complexity index is 1440. The van der Waals surface area contributed by atoms with Gasteiger partial charge in [0, 0.05) is 24.5 Å². The van der Waals surface area contributed by atoms with Crippen LogP contribution in [0.3, 0.4) is 0 Å². The van der Waals surface area contributed by atoms with Crippen LogP contribution in [0.1, 0.15) is 25.0 Å². The van der Waals surface area contributed by atoms with Crippen molar-refractivity contribution >= 4 is 29.1 Å². The van der Waals surface area contributed by atoms with E-state index in [9.17, 15) is 19.5 Å². The summed E-state index contributed by atoms with van der Waals surface area (Å²) in [6.45, 7) is 8.16. The number of fused-ring (bicyclic) bond motifs is 2. The van der Waals surface area contributed by atoms with Crippen molar-refractivity contribution in [3.8, 4) is 0 Å². The number of amides is 3. The summed E-state index contributed by atoms with van der Waals surface area (Å²) >= 11 is 0. The molecule has 4 aliphatic rings. The second-order valence-corrected chi connectivity index (χ2v) is 11.9. The van der Waals surface area contributed by atoms with E-state index in [4.69, 9.17) is 4.74 Å². The topological polar surface area (TPSA) is 90.4 Å². The number of likely N-dealkylation sites (tertiary alicyclic amines) is 1. The number of hydrogen-bond donors (Lipinski definition) is 1. The van der Waals surface area contributed by atoms with Gasteiger partial charge in [-0.15, -0.1) is 0 Å². The molecule has 4 aliphatic heterocycles. The average Bonchev–Trinajstić information content (AvgIpc) is 3.26. The van der Waals surface area contributed by atoms with E-state index in [-0.39, 0.29) is 30.2 Å². The van der Waals surface area contributed by atoms with E-state index < -0.39 is 35.6 Å². The van der Waals surface area contributed by atoms with Crippen LogP contribution >= 0.6 is 0 Å². The lowest BCUT2D eigenvalue weighted by Crippen LogP contribution is -2.59. The van der Waals surface area contributed by atoms with E-state index in [1.54, 1.807) is 9.80 Å². The molecule has 0 radical (unpaired) electrons. The number of para-hydroxylation sites is 1. The van der Waals surface area contributed by atoms with Crippen molar-refractivity contribution in [2.45, 2.75) is 51.5 Å². The summed E-state index contributed by atoms with van der Waals surface area (Å²) in [5, 5.41) is 10.5. The molecule has 4 heterocycles. The van der Waals surface area contributed by atoms with Gasteiger partial charge in [0.05, 0.1) is 30.6 Å². The molecule has 2 fully saturated rings. The second kappa shape index (κ2) is 10.3. The largest absolute Gasteiger partial charge is 0.394 e. The Balaban J connectivity index is 1.49. The van der Waals surface area contributed by atoms with Crippen molar-refractivity contribution in [3.05, 3.63) is 84.0 Å². The molecule has 2 aromatic rings. The Hall–Kier alpha value is -3.75. The number of aliphatic hydroxyl groups is 1. The summed E-state index contributed by atoms with van der Waals surface area (Å²) in [5.74, 6) is -2.66. The number of aryl methyl sites for hydroxylation is 2. The Morgan fingerprint density at radius 3 is 2.39 bits per heavy atom. The lowest BCUT2D eigenvalue weighted by Gasteiger charge is -2.40. The summed E-state index contributed by atoms with van der Waals surface area (Å²) in [5.41, 5.74) is 2.13. The first kappa shape index (κ1) is 27.4. The number of aliphatic hydroxyl groups excluding tert-OH is 1. The highest BCUT2D eigenvalue weighted by Gasteiger charge is 2.72. The van der Waals surface area contributed by atoms with Crippen LogP contribution in [-0.2, 0) is 19.1 Å². The zero-order valence-corrected chi connectivity index (χ0v) is 23.9. The van der Waals surface area contributed by atoms with Crippen molar-refractivity contribution in [3.63, 3.8) is 0 Å². The van der Waals surface area contributed by atoms with E-state index in [2.05, 4.69) is 0 Å². The van der Waals surface area contributed by atoms with Crippen LogP contribution in [0.15, 0.2) is 72.8 Å². The van der Waals surface area contributed by atoms with Crippen LogP contribution in [0, 0.1) is 31.6 Å². The predicted molar refractivity (Wildman–Crippen MR) is 156 cm³/mol. The number of ether oxygens (including phenoxy) is 1. The van der Waals surface area contributed by atoms with Crippen LogP contribution in [0.4, 0.5) is 11.4 Å². The number of benzene rings is 2. The van der Waals surface area contributed by atoms with Crippen LogP contribution < -0.4 is 9.80 Å². The Morgan fingerprint density at radius 2 is 1.68 bits per heavy atom. The summed E-state index contributed by atoms with van der Waals surface area (Å²) in [4.78, 5) is 48.5. The SMILES string of the molecule is Cc1ccc(C)c(N2CC=C[C@]34O[C@@H]5C=CCN(c6ccccc6)C(=O)[C@@H]5[C@H]3C(=O)N([C@@H](CO)C(C)C)C4C2=O)c1. The van der Waals surface area contributed by atoms with E-state index in [1.165, 1.54) is 4.90 Å². The fourth-order valence-corrected chi connectivity index (χ4v) is 7.12. The molecule has 2 aromatic carbocycles. The van der Waals surface area contributed by atoms with Crippen LogP contribution in [0.25, 0.3) is 0 Å². The number of anilines is 2. The number of carbonyl (C=O) groups is 3. The van der Waals surface area contributed by atoms with Crippen molar-refractivity contribution in [1.29, 1.82) is 0 Å². The summed E-state index contributed by atoms with van der Waals surface area (Å²) < 4.78 is 6.77. The first-order valence-electron chi connectivity index (χ1n) is 14.4. The summed E-state index contributed by atoms with van der Waals surface area (Å²) in [7, 11) is 0. The third kappa shape index (κ3) is 4.15. The predicted octanol–water partition coefficient (Wildman–Crippen LogP) is 3.41. The molecule has 6 rings (SSSR count). The lowest BCUT2D eigenvalue weighted by atomic mass is 9.77. The molecule has 0 saturated carbocycles. The van der Waals surface area contributed by atoms with Gasteiger partial charge < -0.3 is 24.5 Å². The van der Waals surface area contributed by atoms with Gasteiger partial charge in [0.2, 0.25) is 11.8 Å². The third-order valence-corrected chi connectivity index (χ3v) is 9.13. The van der Waals surface area contributed by atoms with Gasteiger partial charge in [-0.2, -0.15) is 0 Å². The van der Waals surface area contributed by atoms with Gasteiger partial charge in [-0.05, 0) is 49.1 Å². The molecule has 1 spiro atoms. The van der Waals surface area contributed by atoms with E-state index in [0.29, 0.717) is 13.1 Å². The first-order valence-corrected chi connectivity index (χ1v) is 14.4. The van der Waals surface area contributed by atoms with Gasteiger partial charge >= 0.3 is 0 Å². The van der Waals surface area contributed by atoms with Crippen LogP contribution in [-0.4, -0.2) is 71.2 Å². The summed E-state index contributed by atoms with van der Waals surface area (Å²) in [6, 6.07) is 13.7. The minimum absolute atomic E-state index is 0.129. The normalized spacial score (nSPS) is 29.9. The highest BCUT2D eigenvalue weighted by atomic mass is 16.5. The average molecular weight is 556 g/mol.